The molecular formula is C13H20N2O5S. The molecule has 0 spiro atoms. The second kappa shape index (κ2) is 5.15. The molecule has 0 aromatic rings. The van der Waals surface area contributed by atoms with Gasteiger partial charge in [-0.05, 0) is 31.1 Å². The van der Waals surface area contributed by atoms with Gasteiger partial charge in [-0.25, -0.2) is 18.0 Å². The lowest BCUT2D eigenvalue weighted by molar-refractivity contribution is -0.142. The quantitative estimate of drug-likeness (QED) is 0.750. The maximum absolute atomic E-state index is 12.3. The third kappa shape index (κ3) is 2.73. The van der Waals surface area contributed by atoms with Gasteiger partial charge in [-0.1, -0.05) is 6.42 Å². The largest absolute Gasteiger partial charge is 0.480 e. The second-order valence-electron chi connectivity index (χ2n) is 6.34. The molecule has 0 aromatic carbocycles. The molecule has 8 heteroatoms. The van der Waals surface area contributed by atoms with Crippen molar-refractivity contribution in [1.82, 2.24) is 10.2 Å². The number of carboxylic acid groups (broad SMARTS) is 1. The van der Waals surface area contributed by atoms with E-state index in [-0.39, 0.29) is 23.3 Å². The highest BCUT2D eigenvalue weighted by Crippen LogP contribution is 2.42. The number of amides is 2. The third-order valence-electron chi connectivity index (χ3n) is 4.96. The molecule has 1 aliphatic carbocycles. The van der Waals surface area contributed by atoms with Crippen LogP contribution < -0.4 is 5.32 Å². The van der Waals surface area contributed by atoms with Gasteiger partial charge in [-0.2, -0.15) is 0 Å². The van der Waals surface area contributed by atoms with Crippen LogP contribution in [0.2, 0.25) is 0 Å². The van der Waals surface area contributed by atoms with Gasteiger partial charge >= 0.3 is 12.0 Å². The van der Waals surface area contributed by atoms with Crippen LogP contribution in [-0.4, -0.2) is 60.6 Å². The molecule has 2 saturated heterocycles. The van der Waals surface area contributed by atoms with Gasteiger partial charge in [0.1, 0.15) is 6.04 Å². The number of hydrogen-bond donors (Lipinski definition) is 2. The summed E-state index contributed by atoms with van der Waals surface area (Å²) in [5.74, 6) is -0.605. The van der Waals surface area contributed by atoms with Gasteiger partial charge in [0, 0.05) is 12.6 Å². The van der Waals surface area contributed by atoms with Crippen molar-refractivity contribution in [2.75, 3.05) is 18.1 Å². The van der Waals surface area contributed by atoms with Gasteiger partial charge in [0.2, 0.25) is 0 Å². The van der Waals surface area contributed by atoms with Gasteiger partial charge in [0.25, 0.3) is 0 Å². The van der Waals surface area contributed by atoms with E-state index < -0.39 is 33.9 Å². The van der Waals surface area contributed by atoms with Crippen LogP contribution in [0.15, 0.2) is 0 Å². The summed E-state index contributed by atoms with van der Waals surface area (Å²) in [4.78, 5) is 25.2. The number of nitrogens with one attached hydrogen (secondary N) is 1. The highest BCUT2D eigenvalue weighted by Gasteiger charge is 2.50. The lowest BCUT2D eigenvalue weighted by atomic mass is 9.94. The molecule has 2 aliphatic heterocycles. The van der Waals surface area contributed by atoms with Crippen LogP contribution in [0.3, 0.4) is 0 Å². The lowest BCUT2D eigenvalue weighted by Gasteiger charge is -2.26. The third-order valence-corrected chi connectivity index (χ3v) is 6.73. The molecular weight excluding hydrogens is 296 g/mol. The molecule has 0 aromatic heterocycles. The van der Waals surface area contributed by atoms with Crippen molar-refractivity contribution in [2.24, 2.45) is 11.8 Å². The van der Waals surface area contributed by atoms with Crippen molar-refractivity contribution < 1.29 is 23.1 Å². The Balaban J connectivity index is 1.68. The van der Waals surface area contributed by atoms with E-state index in [1.54, 1.807) is 0 Å². The number of rotatable bonds is 2. The van der Waals surface area contributed by atoms with Gasteiger partial charge in [-0.15, -0.1) is 0 Å². The highest BCUT2D eigenvalue weighted by molar-refractivity contribution is 7.91. The number of carboxylic acids is 1. The number of urea groups is 1. The first-order valence-corrected chi connectivity index (χ1v) is 9.20. The van der Waals surface area contributed by atoms with Gasteiger partial charge < -0.3 is 15.3 Å². The molecule has 4 unspecified atom stereocenters. The average molecular weight is 316 g/mol. The van der Waals surface area contributed by atoms with Crippen molar-refractivity contribution in [3.8, 4) is 0 Å². The number of aliphatic carboxylic acids is 1. The van der Waals surface area contributed by atoms with E-state index in [1.165, 1.54) is 4.90 Å². The zero-order valence-electron chi connectivity index (χ0n) is 11.7. The molecule has 1 saturated carbocycles. The summed E-state index contributed by atoms with van der Waals surface area (Å²) in [5.41, 5.74) is 0. The molecule has 3 fully saturated rings. The first-order valence-electron chi connectivity index (χ1n) is 7.38. The summed E-state index contributed by atoms with van der Waals surface area (Å²) in [7, 11) is -3.06. The van der Waals surface area contributed by atoms with E-state index in [0.717, 1.165) is 19.3 Å². The Labute approximate surface area is 123 Å². The van der Waals surface area contributed by atoms with Crippen LogP contribution in [0, 0.1) is 11.8 Å². The molecule has 2 amide bonds. The second-order valence-corrected chi connectivity index (χ2v) is 8.57. The van der Waals surface area contributed by atoms with Crippen molar-refractivity contribution >= 4 is 21.8 Å². The predicted octanol–water partition coefficient (Wildman–Crippen LogP) is 0.0682. The van der Waals surface area contributed by atoms with Crippen molar-refractivity contribution in [3.63, 3.8) is 0 Å². The van der Waals surface area contributed by atoms with E-state index in [4.69, 9.17) is 0 Å². The fourth-order valence-electron chi connectivity index (χ4n) is 4.00. The van der Waals surface area contributed by atoms with E-state index in [1.807, 2.05) is 0 Å². The maximum Gasteiger partial charge on any atom is 0.326 e. The van der Waals surface area contributed by atoms with Crippen LogP contribution >= 0.6 is 0 Å². The molecule has 3 rings (SSSR count). The fourth-order valence-corrected chi connectivity index (χ4v) is 5.67. The molecule has 21 heavy (non-hydrogen) atoms. The van der Waals surface area contributed by atoms with Crippen LogP contribution in [-0.2, 0) is 14.6 Å². The Hall–Kier alpha value is -1.31. The highest BCUT2D eigenvalue weighted by atomic mass is 32.2. The Morgan fingerprint density at radius 3 is 2.57 bits per heavy atom. The zero-order chi connectivity index (χ0) is 15.2. The minimum atomic E-state index is -3.06. The molecule has 3 aliphatic rings. The number of sulfone groups is 1. The molecule has 2 N–H and O–H groups in total. The normalized spacial score (nSPS) is 37.4. The fraction of sp³-hybridized carbons (Fsp3) is 0.846. The van der Waals surface area contributed by atoms with E-state index in [9.17, 15) is 23.1 Å². The van der Waals surface area contributed by atoms with Gasteiger partial charge in [0.15, 0.2) is 9.84 Å². The number of nitrogens with zero attached hydrogens (tertiary/aromatic N) is 1. The molecule has 0 radical (unpaired) electrons. The number of hydrogen-bond acceptors (Lipinski definition) is 4. The number of fused-ring (bicyclic) bond motifs is 1. The number of likely N-dealkylation sites (tertiary alicyclic amines) is 1. The Kier molecular flexibility index (Phi) is 3.59. The van der Waals surface area contributed by atoms with E-state index in [2.05, 4.69) is 5.32 Å². The lowest BCUT2D eigenvalue weighted by Crippen LogP contribution is -2.50. The maximum atomic E-state index is 12.3. The summed E-state index contributed by atoms with van der Waals surface area (Å²) < 4.78 is 22.8. The topological polar surface area (TPSA) is 104 Å². The summed E-state index contributed by atoms with van der Waals surface area (Å²) in [6, 6.07) is -1.59. The van der Waals surface area contributed by atoms with E-state index >= 15 is 0 Å². The van der Waals surface area contributed by atoms with Crippen LogP contribution in [0.4, 0.5) is 4.79 Å². The zero-order valence-corrected chi connectivity index (χ0v) is 12.5. The minimum Gasteiger partial charge on any atom is -0.480 e. The Morgan fingerprint density at radius 1 is 1.19 bits per heavy atom. The van der Waals surface area contributed by atoms with Crippen LogP contribution in [0.1, 0.15) is 25.7 Å². The molecule has 4 atom stereocenters. The number of carbonyl (C=O) groups excluding carboxylic acids is 1. The number of carbonyl (C=O) groups is 2. The predicted molar refractivity (Wildman–Crippen MR) is 74.6 cm³/mol. The summed E-state index contributed by atoms with van der Waals surface area (Å²) in [6.07, 6.45) is 3.25. The molecule has 0 bridgehead atoms. The van der Waals surface area contributed by atoms with Crippen molar-refractivity contribution in [2.45, 2.75) is 37.8 Å². The molecule has 7 nitrogen and oxygen atoms in total. The summed E-state index contributed by atoms with van der Waals surface area (Å²) >= 11 is 0. The Bertz CT molecular complexity index is 561. The average Bonchev–Trinajstić information content (AvgIpc) is 3.01. The Morgan fingerprint density at radius 2 is 1.95 bits per heavy atom. The van der Waals surface area contributed by atoms with E-state index in [0.29, 0.717) is 13.0 Å². The smallest absolute Gasteiger partial charge is 0.326 e. The SMILES string of the molecule is O=C(O)C1C2CCCC2CN1C(=O)NC1CCS(=O)(=O)C1. The van der Waals surface area contributed by atoms with Crippen molar-refractivity contribution in [3.05, 3.63) is 0 Å². The van der Waals surface area contributed by atoms with Crippen LogP contribution in [0.5, 0.6) is 0 Å². The minimum absolute atomic E-state index is 0.0422. The monoisotopic (exact) mass is 316 g/mol. The van der Waals surface area contributed by atoms with Crippen LogP contribution in [0.25, 0.3) is 0 Å². The van der Waals surface area contributed by atoms with Crippen molar-refractivity contribution in [1.29, 1.82) is 0 Å². The summed E-state index contributed by atoms with van der Waals surface area (Å²) in [6.45, 7) is 0.465. The first kappa shape index (κ1) is 14.6. The standard InChI is InChI=1S/C13H20N2O5S/c16-12(17)11-10-3-1-2-8(10)6-15(11)13(18)14-9-4-5-21(19,20)7-9/h8-11H,1-7H2,(H,14,18)(H,16,17). The van der Waals surface area contributed by atoms with Gasteiger partial charge in [-0.3, -0.25) is 0 Å². The molecule has 118 valence electrons. The van der Waals surface area contributed by atoms with Gasteiger partial charge in [0.05, 0.1) is 11.5 Å². The first-order chi connectivity index (χ1) is 9.87. The summed E-state index contributed by atoms with van der Waals surface area (Å²) in [5, 5.41) is 12.1. The molecule has 2 heterocycles.